The van der Waals surface area contributed by atoms with E-state index in [1.807, 2.05) is 30.3 Å². The van der Waals surface area contributed by atoms with E-state index in [1.165, 1.54) is 19.1 Å². The zero-order chi connectivity index (χ0) is 15.2. The summed E-state index contributed by atoms with van der Waals surface area (Å²) in [5, 5.41) is 0. The molecule has 3 nitrogen and oxygen atoms in total. The van der Waals surface area contributed by atoms with E-state index in [9.17, 15) is 9.18 Å². The summed E-state index contributed by atoms with van der Waals surface area (Å²) in [4.78, 5) is 11.7. The topological polar surface area (TPSA) is 35.5 Å². The number of benzene rings is 2. The van der Waals surface area contributed by atoms with Gasteiger partial charge in [-0.25, -0.2) is 9.18 Å². The lowest BCUT2D eigenvalue weighted by Crippen LogP contribution is -2.09. The third-order valence-corrected chi connectivity index (χ3v) is 3.08. The summed E-state index contributed by atoms with van der Waals surface area (Å²) in [6.45, 7) is 3.78. The fraction of sp³-hybridized carbons (Fsp3) is 0.235. The highest BCUT2D eigenvalue weighted by molar-refractivity contribution is 5.91. The standard InChI is InChI=1S/C17H17FO3/c1-3-20-17(19)14-9-10-15(16(18)12(14)2)21-11-13-7-5-4-6-8-13/h4-10H,3,11H2,1-2H3. The number of hydrogen-bond acceptors (Lipinski definition) is 3. The van der Waals surface area contributed by atoms with Crippen LogP contribution < -0.4 is 4.74 Å². The first-order chi connectivity index (χ1) is 10.1. The van der Waals surface area contributed by atoms with Crippen LogP contribution in [-0.4, -0.2) is 12.6 Å². The Kier molecular flexibility index (Phi) is 4.93. The Balaban J connectivity index is 2.15. The number of carbonyl (C=O) groups excluding carboxylic acids is 1. The maximum Gasteiger partial charge on any atom is 0.338 e. The van der Waals surface area contributed by atoms with Crippen LogP contribution in [0.25, 0.3) is 0 Å². The van der Waals surface area contributed by atoms with Gasteiger partial charge in [0.15, 0.2) is 11.6 Å². The monoisotopic (exact) mass is 288 g/mol. The maximum absolute atomic E-state index is 14.2. The second-order valence-electron chi connectivity index (χ2n) is 4.54. The van der Waals surface area contributed by atoms with Gasteiger partial charge in [0, 0.05) is 5.56 Å². The van der Waals surface area contributed by atoms with Gasteiger partial charge in [-0.05, 0) is 31.5 Å². The smallest absolute Gasteiger partial charge is 0.338 e. The molecule has 21 heavy (non-hydrogen) atoms. The van der Waals surface area contributed by atoms with Gasteiger partial charge >= 0.3 is 5.97 Å². The molecule has 0 saturated carbocycles. The molecular weight excluding hydrogens is 271 g/mol. The summed E-state index contributed by atoms with van der Waals surface area (Å²) in [6.07, 6.45) is 0. The quantitative estimate of drug-likeness (QED) is 0.783. The van der Waals surface area contributed by atoms with Crippen LogP contribution in [-0.2, 0) is 11.3 Å². The zero-order valence-electron chi connectivity index (χ0n) is 12.1. The van der Waals surface area contributed by atoms with Gasteiger partial charge in [-0.1, -0.05) is 30.3 Å². The number of halogens is 1. The van der Waals surface area contributed by atoms with E-state index in [0.29, 0.717) is 0 Å². The van der Waals surface area contributed by atoms with Crippen molar-refractivity contribution in [2.45, 2.75) is 20.5 Å². The number of hydrogen-bond donors (Lipinski definition) is 0. The van der Waals surface area contributed by atoms with E-state index in [2.05, 4.69) is 0 Å². The molecule has 110 valence electrons. The van der Waals surface area contributed by atoms with Gasteiger partial charge in [0.25, 0.3) is 0 Å². The van der Waals surface area contributed by atoms with Gasteiger partial charge in [-0.3, -0.25) is 0 Å². The average molecular weight is 288 g/mol. The molecule has 0 amide bonds. The van der Waals surface area contributed by atoms with Gasteiger partial charge in [-0.15, -0.1) is 0 Å². The molecular formula is C17H17FO3. The van der Waals surface area contributed by atoms with E-state index < -0.39 is 11.8 Å². The number of rotatable bonds is 5. The van der Waals surface area contributed by atoms with Gasteiger partial charge < -0.3 is 9.47 Å². The second-order valence-corrected chi connectivity index (χ2v) is 4.54. The fourth-order valence-corrected chi connectivity index (χ4v) is 1.94. The molecule has 0 fully saturated rings. The minimum atomic E-state index is -0.531. The van der Waals surface area contributed by atoms with Crippen molar-refractivity contribution in [3.05, 3.63) is 65.0 Å². The highest BCUT2D eigenvalue weighted by Gasteiger charge is 2.16. The molecule has 0 aliphatic heterocycles. The summed E-state index contributed by atoms with van der Waals surface area (Å²) in [7, 11) is 0. The van der Waals surface area contributed by atoms with Crippen LogP contribution in [0, 0.1) is 12.7 Å². The largest absolute Gasteiger partial charge is 0.486 e. The molecule has 2 aromatic carbocycles. The molecule has 0 spiro atoms. The lowest BCUT2D eigenvalue weighted by atomic mass is 10.1. The molecule has 0 aromatic heterocycles. The third kappa shape index (κ3) is 3.60. The van der Waals surface area contributed by atoms with Crippen molar-refractivity contribution >= 4 is 5.97 Å². The van der Waals surface area contributed by atoms with Crippen molar-refractivity contribution in [1.29, 1.82) is 0 Å². The zero-order valence-corrected chi connectivity index (χ0v) is 12.1. The molecule has 0 bridgehead atoms. The molecule has 0 aliphatic rings. The first-order valence-electron chi connectivity index (χ1n) is 6.76. The Morgan fingerprint density at radius 2 is 1.86 bits per heavy atom. The molecule has 0 heterocycles. The van der Waals surface area contributed by atoms with Crippen molar-refractivity contribution < 1.29 is 18.7 Å². The van der Waals surface area contributed by atoms with Crippen LogP contribution in [0.3, 0.4) is 0 Å². The molecule has 0 unspecified atom stereocenters. The van der Waals surface area contributed by atoms with E-state index in [4.69, 9.17) is 9.47 Å². The van der Waals surface area contributed by atoms with Crippen LogP contribution >= 0.6 is 0 Å². The van der Waals surface area contributed by atoms with Gasteiger partial charge in [0.1, 0.15) is 6.61 Å². The first kappa shape index (κ1) is 15.0. The van der Waals surface area contributed by atoms with Crippen LogP contribution in [0.4, 0.5) is 4.39 Å². The number of carbonyl (C=O) groups is 1. The predicted molar refractivity (Wildman–Crippen MR) is 77.9 cm³/mol. The minimum Gasteiger partial charge on any atom is -0.486 e. The SMILES string of the molecule is CCOC(=O)c1ccc(OCc2ccccc2)c(F)c1C. The number of esters is 1. The molecule has 2 aromatic rings. The fourth-order valence-electron chi connectivity index (χ4n) is 1.94. The Bertz CT molecular complexity index is 623. The highest BCUT2D eigenvalue weighted by atomic mass is 19.1. The van der Waals surface area contributed by atoms with Gasteiger partial charge in [0.05, 0.1) is 12.2 Å². The normalized spacial score (nSPS) is 10.2. The van der Waals surface area contributed by atoms with Crippen LogP contribution in [0.2, 0.25) is 0 Å². The first-order valence-corrected chi connectivity index (χ1v) is 6.76. The van der Waals surface area contributed by atoms with Crippen LogP contribution in [0.15, 0.2) is 42.5 Å². The molecule has 2 rings (SSSR count). The van der Waals surface area contributed by atoms with E-state index >= 15 is 0 Å². The molecule has 0 atom stereocenters. The van der Waals surface area contributed by atoms with Gasteiger partial charge in [-0.2, -0.15) is 0 Å². The van der Waals surface area contributed by atoms with Crippen molar-refractivity contribution in [1.82, 2.24) is 0 Å². The predicted octanol–water partition coefficient (Wildman–Crippen LogP) is 3.89. The molecule has 0 saturated heterocycles. The van der Waals surface area contributed by atoms with E-state index in [-0.39, 0.29) is 30.1 Å². The summed E-state index contributed by atoms with van der Waals surface area (Å²) in [5.41, 5.74) is 1.41. The Morgan fingerprint density at radius 3 is 2.52 bits per heavy atom. The van der Waals surface area contributed by atoms with Crippen molar-refractivity contribution in [3.63, 3.8) is 0 Å². The summed E-state index contributed by atoms with van der Waals surface area (Å²) in [6, 6.07) is 12.5. The number of ether oxygens (including phenoxy) is 2. The Hall–Kier alpha value is -2.36. The summed E-state index contributed by atoms with van der Waals surface area (Å²) < 4.78 is 24.6. The summed E-state index contributed by atoms with van der Waals surface area (Å²) in [5.74, 6) is -0.926. The maximum atomic E-state index is 14.2. The molecule has 0 N–H and O–H groups in total. The lowest BCUT2D eigenvalue weighted by molar-refractivity contribution is 0.0524. The second kappa shape index (κ2) is 6.88. The molecule has 4 heteroatoms. The van der Waals surface area contributed by atoms with Crippen molar-refractivity contribution in [2.75, 3.05) is 6.61 Å². The van der Waals surface area contributed by atoms with Crippen molar-refractivity contribution in [2.24, 2.45) is 0 Å². The average Bonchev–Trinajstić information content (AvgIpc) is 2.50. The highest BCUT2D eigenvalue weighted by Crippen LogP contribution is 2.24. The Morgan fingerprint density at radius 1 is 1.14 bits per heavy atom. The summed E-state index contributed by atoms with van der Waals surface area (Å²) >= 11 is 0. The van der Waals surface area contributed by atoms with Gasteiger partial charge in [0.2, 0.25) is 0 Å². The van der Waals surface area contributed by atoms with E-state index in [1.54, 1.807) is 6.92 Å². The molecule has 0 aliphatic carbocycles. The van der Waals surface area contributed by atoms with Crippen LogP contribution in [0.5, 0.6) is 5.75 Å². The third-order valence-electron chi connectivity index (χ3n) is 3.08. The minimum absolute atomic E-state index is 0.129. The molecule has 0 radical (unpaired) electrons. The van der Waals surface area contributed by atoms with Crippen LogP contribution in [0.1, 0.15) is 28.4 Å². The van der Waals surface area contributed by atoms with Crippen molar-refractivity contribution in [3.8, 4) is 5.75 Å². The lowest BCUT2D eigenvalue weighted by Gasteiger charge is -2.11. The Labute approximate surface area is 123 Å². The van der Waals surface area contributed by atoms with E-state index in [0.717, 1.165) is 5.56 Å².